The molecule has 0 saturated carbocycles. The Morgan fingerprint density at radius 2 is 0.625 bits per heavy atom. The molecule has 0 aromatic carbocycles. The summed E-state index contributed by atoms with van der Waals surface area (Å²) in [5.41, 5.74) is -9.37. The lowest BCUT2D eigenvalue weighted by Crippen LogP contribution is -2.82. The molecule has 0 bridgehead atoms. The molecule has 0 aliphatic rings. The highest BCUT2D eigenvalue weighted by Crippen LogP contribution is 2.67. The van der Waals surface area contributed by atoms with E-state index in [0.717, 1.165) is 0 Å². The van der Waals surface area contributed by atoms with Crippen LogP contribution in [0, 0.1) is 0 Å². The van der Waals surface area contributed by atoms with E-state index in [1.165, 1.54) is 0 Å². The summed E-state index contributed by atoms with van der Waals surface area (Å²) in [4.78, 5) is -8.48. The average molecular weight is 540 g/mol. The van der Waals surface area contributed by atoms with E-state index < -0.39 is 59.0 Å². The van der Waals surface area contributed by atoms with Crippen molar-refractivity contribution in [2.75, 3.05) is 0 Å². The number of halogens is 22. The van der Waals surface area contributed by atoms with Gasteiger partial charge in [0, 0.05) is 0 Å². The summed E-state index contributed by atoms with van der Waals surface area (Å²) < 4.78 is 278. The maximum absolute atomic E-state index is 13.5. The number of quaternary nitrogens is 1. The zero-order valence-corrected chi connectivity index (χ0v) is 13.3. The molecule has 23 heteroatoms. The fourth-order valence-corrected chi connectivity index (χ4v) is 1.80. The largest absolute Gasteiger partial charge is 0.535 e. The van der Waals surface area contributed by atoms with Gasteiger partial charge in [-0.05, 0) is 0 Å². The predicted octanol–water partition coefficient (Wildman–Crippen LogP) is 7.06. The summed E-state index contributed by atoms with van der Waals surface area (Å²) in [6.45, 7) is 0. The van der Waals surface area contributed by atoms with Gasteiger partial charge < -0.3 is 0 Å². The maximum atomic E-state index is 13.5. The molecular formula is C9F22N+. The number of nitrogens with zero attached hydrogens (tertiary/aromatic N) is 1. The smallest absolute Gasteiger partial charge is 0.219 e. The lowest BCUT2D eigenvalue weighted by atomic mass is 9.86. The first kappa shape index (κ1) is 30.4. The van der Waals surface area contributed by atoms with Gasteiger partial charge in [0.15, 0.2) is 4.93 Å². The molecule has 0 saturated heterocycles. The number of rotatable bonds is 5. The van der Waals surface area contributed by atoms with Crippen molar-refractivity contribution in [1.82, 2.24) is 0 Å². The molecule has 0 fully saturated rings. The molecule has 0 rings (SSSR count). The van der Waals surface area contributed by atoms with E-state index in [2.05, 4.69) is 0 Å². The molecular weight excluding hydrogens is 540 g/mol. The van der Waals surface area contributed by atoms with Crippen LogP contribution in [-0.4, -0.2) is 59.0 Å². The standard InChI is InChI=1S/C9F22N/c10-1(5(16,17)18,2(11,12)6(19,20)21)3(13,14)9(28,29)32(30,31)4(15,7(22,23)24)8(25,26)27/q+1. The molecule has 0 aromatic rings. The quantitative estimate of drug-likeness (QED) is 0.199. The van der Waals surface area contributed by atoms with Crippen LogP contribution in [0.5, 0.6) is 0 Å². The van der Waals surface area contributed by atoms with E-state index in [1.54, 1.807) is 0 Å². The van der Waals surface area contributed by atoms with Gasteiger partial charge in [0.1, 0.15) is 0 Å². The molecule has 194 valence electrons. The Kier molecular flexibility index (Phi) is 6.62. The first-order valence-corrected chi connectivity index (χ1v) is 6.31. The normalized spacial score (nSPS) is 18.6. The van der Waals surface area contributed by atoms with Gasteiger partial charge in [0.25, 0.3) is 0 Å². The Hall–Kier alpha value is -1.58. The van der Waals surface area contributed by atoms with Crippen molar-refractivity contribution in [3.05, 3.63) is 0 Å². The van der Waals surface area contributed by atoms with Gasteiger partial charge in [-0.25, -0.2) is 4.39 Å². The van der Waals surface area contributed by atoms with Crippen LogP contribution in [0.4, 0.5) is 96.8 Å². The Labute approximate surface area is 157 Å². The average Bonchev–Trinajstić information content (AvgIpc) is 2.47. The molecule has 0 heterocycles. The Balaban J connectivity index is 7.56. The third kappa shape index (κ3) is 3.39. The van der Waals surface area contributed by atoms with Gasteiger partial charge in [-0.1, -0.05) is 0 Å². The van der Waals surface area contributed by atoms with Crippen molar-refractivity contribution in [3.8, 4) is 0 Å². The minimum atomic E-state index is -9.56. The second kappa shape index (κ2) is 6.96. The fourth-order valence-electron chi connectivity index (χ4n) is 1.80. The number of hydrogen-bond donors (Lipinski definition) is 0. The van der Waals surface area contributed by atoms with Gasteiger partial charge in [-0.2, -0.15) is 74.6 Å². The van der Waals surface area contributed by atoms with Gasteiger partial charge in [0.2, 0.25) is 0 Å². The third-order valence-electron chi connectivity index (χ3n) is 3.48. The molecule has 0 N–H and O–H groups in total. The van der Waals surface area contributed by atoms with E-state index in [1.807, 2.05) is 0 Å². The van der Waals surface area contributed by atoms with Crippen LogP contribution in [0.15, 0.2) is 0 Å². The fraction of sp³-hybridized carbons (Fsp3) is 1.00. The summed E-state index contributed by atoms with van der Waals surface area (Å²) >= 11 is 0. The minimum absolute atomic E-state index is 8.35. The number of hydrogen-bond acceptors (Lipinski definition) is 0. The van der Waals surface area contributed by atoms with E-state index in [9.17, 15) is 96.8 Å². The van der Waals surface area contributed by atoms with Crippen LogP contribution < -0.4 is 0 Å². The topological polar surface area (TPSA) is 0 Å². The van der Waals surface area contributed by atoms with Gasteiger partial charge in [0.05, 0.1) is 8.96 Å². The highest BCUT2D eigenvalue weighted by atomic mass is 19.5. The van der Waals surface area contributed by atoms with E-state index >= 15 is 0 Å². The molecule has 0 radical (unpaired) electrons. The van der Waals surface area contributed by atoms with Gasteiger partial charge >= 0.3 is 54.1 Å². The molecule has 1 nitrogen and oxygen atoms in total. The molecule has 1 atom stereocenters. The third-order valence-corrected chi connectivity index (χ3v) is 3.48. The first-order valence-electron chi connectivity index (χ1n) is 6.31. The highest BCUT2D eigenvalue weighted by Gasteiger charge is 3.05. The zero-order chi connectivity index (χ0) is 27.0. The predicted molar refractivity (Wildman–Crippen MR) is 49.2 cm³/mol. The van der Waals surface area contributed by atoms with Crippen LogP contribution in [0.1, 0.15) is 0 Å². The van der Waals surface area contributed by atoms with Gasteiger partial charge in [-0.3, -0.25) is 0 Å². The van der Waals surface area contributed by atoms with Crippen molar-refractivity contribution in [2.24, 2.45) is 0 Å². The van der Waals surface area contributed by atoms with Crippen molar-refractivity contribution in [3.63, 3.8) is 0 Å². The second-order valence-corrected chi connectivity index (χ2v) is 5.48. The zero-order valence-electron chi connectivity index (χ0n) is 13.3. The van der Waals surface area contributed by atoms with Gasteiger partial charge in [-0.15, -0.1) is 8.78 Å². The van der Waals surface area contributed by atoms with Crippen LogP contribution in [0.2, 0.25) is 0 Å². The lowest BCUT2D eigenvalue weighted by Gasteiger charge is -2.44. The molecule has 0 spiro atoms. The number of alkyl halides is 20. The summed E-state index contributed by atoms with van der Waals surface area (Å²) in [6, 6.07) is -9.56. The summed E-state index contributed by atoms with van der Waals surface area (Å²) in [5.74, 6) is -27.6. The van der Waals surface area contributed by atoms with Crippen molar-refractivity contribution >= 4 is 0 Å². The molecule has 0 aliphatic carbocycles. The summed E-state index contributed by atoms with van der Waals surface area (Å²) in [5, 5.41) is 0. The van der Waals surface area contributed by atoms with E-state index in [0.29, 0.717) is 0 Å². The van der Waals surface area contributed by atoms with Crippen molar-refractivity contribution < 1.29 is 102 Å². The van der Waals surface area contributed by atoms with Crippen molar-refractivity contribution in [1.29, 1.82) is 0 Å². The van der Waals surface area contributed by atoms with E-state index in [4.69, 9.17) is 0 Å². The summed E-state index contributed by atoms with van der Waals surface area (Å²) in [7, 11) is 0. The van der Waals surface area contributed by atoms with Crippen LogP contribution in [-0.2, 0) is 0 Å². The molecule has 0 aliphatic heterocycles. The second-order valence-electron chi connectivity index (χ2n) is 5.48. The molecule has 0 amide bonds. The van der Waals surface area contributed by atoms with Crippen LogP contribution >= 0.6 is 0 Å². The minimum Gasteiger partial charge on any atom is -0.219 e. The Bertz CT molecular complexity index is 672. The molecule has 0 aromatic heterocycles. The van der Waals surface area contributed by atoms with E-state index in [-0.39, 0.29) is 0 Å². The highest BCUT2D eigenvalue weighted by molar-refractivity contribution is 5.14. The van der Waals surface area contributed by atoms with Crippen molar-refractivity contribution in [2.45, 2.75) is 54.1 Å². The lowest BCUT2D eigenvalue weighted by molar-refractivity contribution is -1.28. The monoisotopic (exact) mass is 540 g/mol. The summed E-state index contributed by atoms with van der Waals surface area (Å²) in [6.07, 6.45) is -34.2. The van der Waals surface area contributed by atoms with Crippen LogP contribution in [0.25, 0.3) is 0 Å². The SMILES string of the molecule is FC(F)(F)C(F)(F)C(F)(C(F)(F)F)C(F)(F)C(F)(F)[N+](F)(F)C(F)(C(F)(F)F)C(F)(F)F. The Morgan fingerprint density at radius 1 is 0.344 bits per heavy atom. The van der Waals surface area contributed by atoms with Crippen LogP contribution in [0.3, 0.4) is 0 Å². The maximum Gasteiger partial charge on any atom is 0.535 e. The molecule has 1 unspecified atom stereocenters. The Morgan fingerprint density at radius 3 is 0.812 bits per heavy atom. The molecule has 32 heavy (non-hydrogen) atoms. The first-order chi connectivity index (χ1) is 13.2.